The van der Waals surface area contributed by atoms with Gasteiger partial charge in [-0.05, 0) is 32.7 Å². The van der Waals surface area contributed by atoms with Crippen LogP contribution in [0, 0.1) is 0 Å². The van der Waals surface area contributed by atoms with Crippen LogP contribution in [0.3, 0.4) is 0 Å². The van der Waals surface area contributed by atoms with Crippen LogP contribution in [0.2, 0.25) is 0 Å². The van der Waals surface area contributed by atoms with Gasteiger partial charge in [-0.2, -0.15) is 0 Å². The van der Waals surface area contributed by atoms with E-state index < -0.39 is 9.46 Å². The summed E-state index contributed by atoms with van der Waals surface area (Å²) < 4.78 is 22.4. The van der Waals surface area contributed by atoms with Gasteiger partial charge in [0, 0.05) is 24.2 Å². The lowest BCUT2D eigenvalue weighted by Crippen LogP contribution is -1.92. The van der Waals surface area contributed by atoms with Crippen molar-refractivity contribution in [3.8, 4) is 11.3 Å². The van der Waals surface area contributed by atoms with E-state index in [1.165, 1.54) is 12.3 Å². The average molecular weight is 252 g/mol. The van der Waals surface area contributed by atoms with E-state index in [0.717, 1.165) is 11.3 Å². The number of aromatic nitrogens is 2. The third-order valence-electron chi connectivity index (χ3n) is 2.04. The molecule has 1 atom stereocenters. The Hall–Kier alpha value is -1.32. The highest BCUT2D eigenvalue weighted by atomic mass is 32.7. The van der Waals surface area contributed by atoms with Gasteiger partial charge < -0.3 is 0 Å². The topological polar surface area (TPSA) is 59.9 Å². The highest BCUT2D eigenvalue weighted by Gasteiger charge is 2.07. The molecule has 0 amide bonds. The van der Waals surface area contributed by atoms with Gasteiger partial charge in [-0.3, -0.25) is 9.97 Å². The van der Waals surface area contributed by atoms with Crippen molar-refractivity contribution in [2.45, 2.75) is 4.90 Å². The van der Waals surface area contributed by atoms with Gasteiger partial charge in [0.2, 0.25) is 0 Å². The minimum atomic E-state index is -3.26. The summed E-state index contributed by atoms with van der Waals surface area (Å²) in [4.78, 5) is 8.19. The molecule has 16 heavy (non-hydrogen) atoms. The number of hydrogen-bond donors (Lipinski definition) is 0. The summed E-state index contributed by atoms with van der Waals surface area (Å²) in [5, 5.41) is 0. The molecule has 0 bridgehead atoms. The second kappa shape index (κ2) is 4.28. The minimum Gasteiger partial charge on any atom is -0.265 e. The van der Waals surface area contributed by atoms with Crippen molar-refractivity contribution in [3.63, 3.8) is 0 Å². The Morgan fingerprint density at radius 3 is 2.25 bits per heavy atom. The predicted octanol–water partition coefficient (Wildman–Crippen LogP) is 1.71. The van der Waals surface area contributed by atoms with E-state index in [1.54, 1.807) is 26.9 Å². The number of nitrogens with zero attached hydrogens (tertiary/aromatic N) is 2. The fourth-order valence-corrected chi connectivity index (χ4v) is 2.12. The maximum absolute atomic E-state index is 11.2. The molecule has 0 N–H and O–H groups in total. The molecule has 0 spiro atoms. The largest absolute Gasteiger partial charge is 0.265 e. The molecule has 0 aliphatic rings. The third kappa shape index (κ3) is 2.43. The zero-order chi connectivity index (χ0) is 11.6. The second-order valence-corrected chi connectivity index (χ2v) is 6.58. The van der Waals surface area contributed by atoms with Gasteiger partial charge in [0.1, 0.15) is 0 Å². The van der Waals surface area contributed by atoms with E-state index in [2.05, 4.69) is 9.97 Å². The SMILES string of the molecule is O=S(=O)(P)c1ccc(-c2ccncc2)nc1. The highest BCUT2D eigenvalue weighted by molar-refractivity contribution is 8.37. The Kier molecular flexibility index (Phi) is 2.99. The Bertz CT molecular complexity index is 582. The van der Waals surface area contributed by atoms with Gasteiger partial charge in [0.05, 0.1) is 10.6 Å². The second-order valence-electron chi connectivity index (χ2n) is 3.16. The first kappa shape index (κ1) is 11.2. The number of pyridine rings is 2. The van der Waals surface area contributed by atoms with E-state index >= 15 is 0 Å². The zero-order valence-corrected chi connectivity index (χ0v) is 10.2. The molecule has 0 fully saturated rings. The Balaban J connectivity index is 2.41. The summed E-state index contributed by atoms with van der Waals surface area (Å²) in [6.45, 7) is 0. The monoisotopic (exact) mass is 252 g/mol. The van der Waals surface area contributed by atoms with Crippen LogP contribution in [0.25, 0.3) is 11.3 Å². The summed E-state index contributed by atoms with van der Waals surface area (Å²) in [5.41, 5.74) is 1.63. The molecule has 0 aliphatic carbocycles. The van der Waals surface area contributed by atoms with E-state index in [9.17, 15) is 8.42 Å². The highest BCUT2D eigenvalue weighted by Crippen LogP contribution is 2.20. The molecule has 0 saturated heterocycles. The maximum atomic E-state index is 11.2. The summed E-state index contributed by atoms with van der Waals surface area (Å²) >= 11 is 0. The molecule has 4 nitrogen and oxygen atoms in total. The lowest BCUT2D eigenvalue weighted by molar-refractivity contribution is 0.610. The summed E-state index contributed by atoms with van der Waals surface area (Å²) in [6.07, 6.45) is 4.67. The van der Waals surface area contributed by atoms with E-state index in [1.807, 2.05) is 12.1 Å². The van der Waals surface area contributed by atoms with Gasteiger partial charge in [-0.15, -0.1) is 0 Å². The molecule has 0 aliphatic heterocycles. The lowest BCUT2D eigenvalue weighted by Gasteiger charge is -2.01. The van der Waals surface area contributed by atoms with Gasteiger partial charge in [0.25, 0.3) is 0 Å². The van der Waals surface area contributed by atoms with Gasteiger partial charge >= 0.3 is 0 Å². The smallest absolute Gasteiger partial charge is 0.190 e. The first-order valence-electron chi connectivity index (χ1n) is 4.46. The molecular formula is C10H9N2O2PS. The molecule has 1 unspecified atom stereocenters. The normalized spacial score (nSPS) is 11.3. The Morgan fingerprint density at radius 1 is 1.06 bits per heavy atom. The van der Waals surface area contributed by atoms with Crippen LogP contribution >= 0.6 is 8.44 Å². The third-order valence-corrected chi connectivity index (χ3v) is 3.76. The van der Waals surface area contributed by atoms with Gasteiger partial charge in [0.15, 0.2) is 9.46 Å². The first-order chi connectivity index (χ1) is 7.57. The van der Waals surface area contributed by atoms with Crippen molar-refractivity contribution in [1.29, 1.82) is 0 Å². The molecule has 6 heteroatoms. The van der Waals surface area contributed by atoms with Crippen molar-refractivity contribution in [2.75, 3.05) is 0 Å². The van der Waals surface area contributed by atoms with Crippen LogP contribution in [0.4, 0.5) is 0 Å². The Morgan fingerprint density at radius 2 is 1.75 bits per heavy atom. The first-order valence-corrected chi connectivity index (χ1v) is 7.43. The summed E-state index contributed by atoms with van der Waals surface area (Å²) in [5.74, 6) is 0. The van der Waals surface area contributed by atoms with Crippen molar-refractivity contribution < 1.29 is 8.42 Å². The molecule has 2 rings (SSSR count). The van der Waals surface area contributed by atoms with Crippen molar-refractivity contribution in [2.24, 2.45) is 0 Å². The summed E-state index contributed by atoms with van der Waals surface area (Å²) in [7, 11) is -1.46. The van der Waals surface area contributed by atoms with Crippen molar-refractivity contribution >= 4 is 17.9 Å². The van der Waals surface area contributed by atoms with E-state index in [4.69, 9.17) is 0 Å². The number of hydrogen-bond acceptors (Lipinski definition) is 4. The predicted molar refractivity (Wildman–Crippen MR) is 64.4 cm³/mol. The molecule has 0 radical (unpaired) electrons. The fourth-order valence-electron chi connectivity index (χ4n) is 1.24. The average Bonchev–Trinajstić information content (AvgIpc) is 2.29. The van der Waals surface area contributed by atoms with E-state index in [-0.39, 0.29) is 4.90 Å². The summed E-state index contributed by atoms with van der Waals surface area (Å²) in [6, 6.07) is 6.84. The molecule has 2 heterocycles. The van der Waals surface area contributed by atoms with Crippen LogP contribution in [0.15, 0.2) is 47.8 Å². The molecule has 2 aromatic heterocycles. The quantitative estimate of drug-likeness (QED) is 0.763. The van der Waals surface area contributed by atoms with Gasteiger partial charge in [-0.1, -0.05) is 0 Å². The Labute approximate surface area is 95.6 Å². The van der Waals surface area contributed by atoms with Gasteiger partial charge in [-0.25, -0.2) is 8.42 Å². The zero-order valence-electron chi connectivity index (χ0n) is 8.24. The van der Waals surface area contributed by atoms with Crippen molar-refractivity contribution in [1.82, 2.24) is 9.97 Å². The maximum Gasteiger partial charge on any atom is 0.190 e. The van der Waals surface area contributed by atoms with E-state index in [0.29, 0.717) is 0 Å². The van der Waals surface area contributed by atoms with Crippen molar-refractivity contribution in [3.05, 3.63) is 42.9 Å². The van der Waals surface area contributed by atoms with Crippen LogP contribution < -0.4 is 0 Å². The minimum absolute atomic E-state index is 0.190. The molecule has 0 saturated carbocycles. The molecule has 82 valence electrons. The standard InChI is InChI=1S/C10H9N2O2PS/c13-16(14,15)9-1-2-10(12-7-9)8-3-5-11-6-4-8/h1-7H,15H2. The van der Waals surface area contributed by atoms with Crippen LogP contribution in [-0.4, -0.2) is 18.4 Å². The molecular weight excluding hydrogens is 243 g/mol. The molecule has 2 aromatic rings. The van der Waals surface area contributed by atoms with Crippen LogP contribution in [0.5, 0.6) is 0 Å². The van der Waals surface area contributed by atoms with Crippen LogP contribution in [-0.2, 0) is 9.46 Å². The molecule has 0 aromatic carbocycles. The lowest BCUT2D eigenvalue weighted by atomic mass is 10.2. The number of rotatable bonds is 2. The fraction of sp³-hybridized carbons (Fsp3) is 0. The van der Waals surface area contributed by atoms with Crippen LogP contribution in [0.1, 0.15) is 0 Å².